The van der Waals surface area contributed by atoms with Crippen molar-refractivity contribution in [3.63, 3.8) is 0 Å². The number of pyridine rings is 1. The number of nitrogens with zero attached hydrogens (tertiary/aromatic N) is 5. The summed E-state index contributed by atoms with van der Waals surface area (Å²) in [4.78, 5) is 24.8. The number of hydrogen-bond acceptors (Lipinski definition) is 7. The zero-order valence-corrected chi connectivity index (χ0v) is 24.8. The second-order valence-corrected chi connectivity index (χ2v) is 12.7. The Balaban J connectivity index is 1.21. The Morgan fingerprint density at radius 2 is 1.97 bits per heavy atom. The van der Waals surface area contributed by atoms with E-state index < -0.39 is 0 Å². The third-order valence-electron chi connectivity index (χ3n) is 8.75. The first-order valence-corrected chi connectivity index (χ1v) is 15.4. The van der Waals surface area contributed by atoms with Crippen molar-refractivity contribution in [2.45, 2.75) is 83.5 Å². The number of halogens is 1. The molecule has 1 amide bonds. The molecule has 5 rings (SSSR count). The first-order chi connectivity index (χ1) is 18.8. The summed E-state index contributed by atoms with van der Waals surface area (Å²) < 4.78 is 0. The maximum Gasteiger partial charge on any atom is 0.255 e. The van der Waals surface area contributed by atoms with E-state index in [9.17, 15) is 10.1 Å². The Labute approximate surface area is 241 Å². The van der Waals surface area contributed by atoms with Gasteiger partial charge in [-0.1, -0.05) is 11.6 Å². The van der Waals surface area contributed by atoms with Crippen molar-refractivity contribution in [1.29, 1.82) is 5.26 Å². The van der Waals surface area contributed by atoms with Gasteiger partial charge in [0.1, 0.15) is 11.0 Å². The molecule has 9 heteroatoms. The first-order valence-electron chi connectivity index (χ1n) is 14.1. The fourth-order valence-corrected chi connectivity index (χ4v) is 7.14. The molecule has 7 nitrogen and oxygen atoms in total. The lowest BCUT2D eigenvalue weighted by atomic mass is 9.85. The van der Waals surface area contributed by atoms with E-state index in [1.807, 2.05) is 18.7 Å². The van der Waals surface area contributed by atoms with Gasteiger partial charge in [-0.3, -0.25) is 9.69 Å². The number of allylic oxidation sites excluding steroid dienone is 1. The predicted molar refractivity (Wildman–Crippen MR) is 157 cm³/mol. The van der Waals surface area contributed by atoms with Crippen molar-refractivity contribution >= 4 is 28.8 Å². The van der Waals surface area contributed by atoms with Crippen molar-refractivity contribution in [3.8, 4) is 6.07 Å². The maximum absolute atomic E-state index is 13.4. The van der Waals surface area contributed by atoms with Gasteiger partial charge >= 0.3 is 0 Å². The number of likely N-dealkylation sites (tertiary alicyclic amines) is 2. The van der Waals surface area contributed by atoms with Gasteiger partial charge in [0.2, 0.25) is 0 Å². The Morgan fingerprint density at radius 1 is 1.26 bits per heavy atom. The molecule has 1 saturated carbocycles. The molecule has 0 bridgehead atoms. The van der Waals surface area contributed by atoms with Crippen molar-refractivity contribution in [2.24, 2.45) is 0 Å². The van der Waals surface area contributed by atoms with Crippen LogP contribution in [0, 0.1) is 25.2 Å². The van der Waals surface area contributed by atoms with E-state index in [0.29, 0.717) is 28.5 Å². The smallest absolute Gasteiger partial charge is 0.255 e. The van der Waals surface area contributed by atoms with Gasteiger partial charge in [0.05, 0.1) is 23.4 Å². The molecule has 0 radical (unpaired) electrons. The van der Waals surface area contributed by atoms with Crippen molar-refractivity contribution in [2.75, 3.05) is 26.2 Å². The standard InChI is InChI=1S/C30H39ClN6OS/c1-21-18-26(31)33-22(2)28(21)29(38)35-15-10-30(3,11-16-35)36-13-7-25(8-14-36)37(19-23-9-17-39-20-23)27(6-12-32)34-24-4-5-24/h6,9,17-18,20,24-25,34H,4-5,7-8,10-11,13-16,19H2,1-3H3. The number of carbonyl (C=O) groups is 1. The average Bonchev–Trinajstić information content (AvgIpc) is 3.58. The number of hydrogen-bond donors (Lipinski definition) is 1. The minimum absolute atomic E-state index is 0.0685. The summed E-state index contributed by atoms with van der Waals surface area (Å²) in [5.74, 6) is 1.05. The van der Waals surface area contributed by atoms with Crippen LogP contribution >= 0.6 is 22.9 Å². The molecule has 1 N–H and O–H groups in total. The van der Waals surface area contributed by atoms with E-state index in [-0.39, 0.29) is 11.4 Å². The second kappa shape index (κ2) is 11.9. The van der Waals surface area contributed by atoms with E-state index in [1.54, 1.807) is 23.5 Å². The van der Waals surface area contributed by atoms with Gasteiger partial charge in [0.15, 0.2) is 0 Å². The molecule has 3 aliphatic rings. The number of aromatic nitrogens is 1. The summed E-state index contributed by atoms with van der Waals surface area (Å²) in [6.45, 7) is 10.6. The summed E-state index contributed by atoms with van der Waals surface area (Å²) in [5, 5.41) is 17.9. The second-order valence-electron chi connectivity index (χ2n) is 11.6. The highest BCUT2D eigenvalue weighted by molar-refractivity contribution is 7.07. The van der Waals surface area contributed by atoms with Crippen LogP contribution < -0.4 is 5.32 Å². The average molecular weight is 567 g/mol. The van der Waals surface area contributed by atoms with Gasteiger partial charge in [0.25, 0.3) is 5.91 Å². The predicted octanol–water partition coefficient (Wildman–Crippen LogP) is 5.49. The van der Waals surface area contributed by atoms with Gasteiger partial charge in [-0.25, -0.2) is 4.98 Å². The molecule has 39 heavy (non-hydrogen) atoms. The van der Waals surface area contributed by atoms with E-state index >= 15 is 0 Å². The number of nitrogens with one attached hydrogen (secondary N) is 1. The van der Waals surface area contributed by atoms with Crippen LogP contribution in [0.25, 0.3) is 0 Å². The normalized spacial score (nSPS) is 20.5. The Bertz CT molecular complexity index is 1210. The van der Waals surface area contributed by atoms with Crippen LogP contribution in [0.4, 0.5) is 0 Å². The Morgan fingerprint density at radius 3 is 2.56 bits per heavy atom. The fraction of sp³-hybridized carbons (Fsp3) is 0.567. The number of carbonyl (C=O) groups excluding carboxylic acids is 1. The van der Waals surface area contributed by atoms with Gasteiger partial charge in [-0.05, 0) is 93.3 Å². The number of nitriles is 1. The van der Waals surface area contributed by atoms with Crippen molar-refractivity contribution in [1.82, 2.24) is 25.0 Å². The minimum Gasteiger partial charge on any atom is -0.368 e. The summed E-state index contributed by atoms with van der Waals surface area (Å²) in [7, 11) is 0. The van der Waals surface area contributed by atoms with Crippen LogP contribution in [0.3, 0.4) is 0 Å². The zero-order valence-electron chi connectivity index (χ0n) is 23.3. The fourth-order valence-electron chi connectivity index (χ4n) is 6.19. The molecule has 0 atom stereocenters. The van der Waals surface area contributed by atoms with Crippen molar-refractivity contribution in [3.05, 3.63) is 62.3 Å². The van der Waals surface area contributed by atoms with Crippen LogP contribution in [0.5, 0.6) is 0 Å². The highest BCUT2D eigenvalue weighted by atomic mass is 35.5. The van der Waals surface area contributed by atoms with E-state index in [0.717, 1.165) is 69.8 Å². The highest BCUT2D eigenvalue weighted by Crippen LogP contribution is 2.34. The van der Waals surface area contributed by atoms with Gasteiger partial charge in [0, 0.05) is 50.3 Å². The Hall–Kier alpha value is -2.60. The van der Waals surface area contributed by atoms with Crippen LogP contribution in [0.1, 0.15) is 72.6 Å². The monoisotopic (exact) mass is 566 g/mol. The molecule has 2 saturated heterocycles. The summed E-state index contributed by atoms with van der Waals surface area (Å²) in [6.07, 6.45) is 8.11. The molecule has 2 aromatic heterocycles. The molecule has 0 aromatic carbocycles. The molecule has 1 aliphatic carbocycles. The van der Waals surface area contributed by atoms with Crippen LogP contribution in [0.15, 0.2) is 34.8 Å². The van der Waals surface area contributed by atoms with Crippen molar-refractivity contribution < 1.29 is 4.79 Å². The van der Waals surface area contributed by atoms with Crippen LogP contribution in [-0.2, 0) is 6.54 Å². The lowest BCUT2D eigenvalue weighted by Gasteiger charge is -2.50. The van der Waals surface area contributed by atoms with Crippen LogP contribution in [0.2, 0.25) is 5.15 Å². The van der Waals surface area contributed by atoms with Gasteiger partial charge in [-0.2, -0.15) is 16.6 Å². The third kappa shape index (κ3) is 6.42. The zero-order chi connectivity index (χ0) is 27.6. The maximum atomic E-state index is 13.4. The first kappa shape index (κ1) is 27.9. The minimum atomic E-state index is 0.0685. The van der Waals surface area contributed by atoms with E-state index in [4.69, 9.17) is 11.6 Å². The summed E-state index contributed by atoms with van der Waals surface area (Å²) in [5.41, 5.74) is 3.67. The molecule has 2 aromatic rings. The number of rotatable bonds is 8. The number of thiophene rings is 1. The van der Waals surface area contributed by atoms with Crippen LogP contribution in [-0.4, -0.2) is 69.4 Å². The van der Waals surface area contributed by atoms with E-state index in [1.165, 1.54) is 18.4 Å². The highest BCUT2D eigenvalue weighted by Gasteiger charge is 2.40. The SMILES string of the molecule is Cc1cc(Cl)nc(C)c1C(=O)N1CCC(C)(N2CCC(N(Cc3ccsc3)C(=CC#N)NC3CC3)CC2)CC1. The number of piperidine rings is 2. The largest absolute Gasteiger partial charge is 0.368 e. The molecular formula is C30H39ClN6OS. The lowest BCUT2D eigenvalue weighted by molar-refractivity contribution is 0.00419. The molecule has 3 fully saturated rings. The summed E-state index contributed by atoms with van der Waals surface area (Å²) >= 11 is 7.82. The number of amides is 1. The van der Waals surface area contributed by atoms with Gasteiger partial charge in [-0.15, -0.1) is 0 Å². The quantitative estimate of drug-likeness (QED) is 0.336. The molecular weight excluding hydrogens is 528 g/mol. The topological polar surface area (TPSA) is 75.5 Å². The molecule has 0 spiro atoms. The number of aryl methyl sites for hydroxylation is 2. The molecule has 208 valence electrons. The lowest BCUT2D eigenvalue weighted by Crippen LogP contribution is -2.58. The third-order valence-corrected chi connectivity index (χ3v) is 9.68. The molecule has 2 aliphatic heterocycles. The molecule has 4 heterocycles. The Kier molecular flexibility index (Phi) is 8.51. The molecule has 0 unspecified atom stereocenters. The summed E-state index contributed by atoms with van der Waals surface area (Å²) in [6, 6.07) is 7.14. The van der Waals surface area contributed by atoms with E-state index in [2.05, 4.69) is 49.9 Å². The van der Waals surface area contributed by atoms with Gasteiger partial charge < -0.3 is 15.1 Å².